The first kappa shape index (κ1) is 19.4. The maximum Gasteiger partial charge on any atom is 0.251 e. The average Bonchev–Trinajstić information content (AvgIpc) is 2.69. The Labute approximate surface area is 156 Å². The SMILES string of the molecule is O=C(NCC1CCN(S(=O)(=O)c2cccnc2)CC1)c1ccc(F)c(F)c1. The Morgan fingerprint density at radius 2 is 1.93 bits per heavy atom. The molecule has 1 fully saturated rings. The van der Waals surface area contributed by atoms with Crippen LogP contribution in [-0.2, 0) is 10.0 Å². The molecule has 2 aromatic rings. The van der Waals surface area contributed by atoms with E-state index in [0.717, 1.165) is 12.1 Å². The minimum absolute atomic E-state index is 0.0468. The summed E-state index contributed by atoms with van der Waals surface area (Å²) >= 11 is 0. The van der Waals surface area contributed by atoms with Crippen molar-refractivity contribution in [3.63, 3.8) is 0 Å². The normalized spacial score (nSPS) is 16.2. The lowest BCUT2D eigenvalue weighted by molar-refractivity contribution is 0.0941. The summed E-state index contributed by atoms with van der Waals surface area (Å²) in [4.78, 5) is 16.1. The van der Waals surface area contributed by atoms with Gasteiger partial charge < -0.3 is 5.32 Å². The molecule has 1 amide bonds. The molecule has 1 aliphatic heterocycles. The Morgan fingerprint density at radius 3 is 2.56 bits per heavy atom. The van der Waals surface area contributed by atoms with Gasteiger partial charge in [-0.2, -0.15) is 4.31 Å². The van der Waals surface area contributed by atoms with Crippen molar-refractivity contribution in [1.82, 2.24) is 14.6 Å². The molecule has 1 saturated heterocycles. The van der Waals surface area contributed by atoms with Gasteiger partial charge in [0.2, 0.25) is 10.0 Å². The summed E-state index contributed by atoms with van der Waals surface area (Å²) < 4.78 is 52.7. The molecule has 0 saturated carbocycles. The molecular formula is C18H19F2N3O3S. The highest BCUT2D eigenvalue weighted by atomic mass is 32.2. The van der Waals surface area contributed by atoms with Crippen LogP contribution in [0.5, 0.6) is 0 Å². The lowest BCUT2D eigenvalue weighted by atomic mass is 9.98. The van der Waals surface area contributed by atoms with Gasteiger partial charge in [-0.15, -0.1) is 0 Å². The van der Waals surface area contributed by atoms with E-state index in [4.69, 9.17) is 0 Å². The van der Waals surface area contributed by atoms with Gasteiger partial charge in [-0.25, -0.2) is 17.2 Å². The number of rotatable bonds is 5. The molecule has 1 aliphatic rings. The van der Waals surface area contributed by atoms with Gasteiger partial charge in [-0.05, 0) is 49.1 Å². The number of pyridine rings is 1. The standard InChI is InChI=1S/C18H19F2N3O3S/c19-16-4-3-14(10-17(16)20)18(24)22-11-13-5-8-23(9-6-13)27(25,26)15-2-1-7-21-12-15/h1-4,7,10,12-13H,5-6,8-9,11H2,(H,22,24). The number of aromatic nitrogens is 1. The number of halogens is 2. The van der Waals surface area contributed by atoms with Crippen molar-refractivity contribution in [3.05, 3.63) is 59.9 Å². The quantitative estimate of drug-likeness (QED) is 0.842. The van der Waals surface area contributed by atoms with Crippen LogP contribution in [0.2, 0.25) is 0 Å². The minimum atomic E-state index is -3.56. The van der Waals surface area contributed by atoms with Gasteiger partial charge in [-0.1, -0.05) is 0 Å². The van der Waals surface area contributed by atoms with Crippen LogP contribution < -0.4 is 5.32 Å². The van der Waals surface area contributed by atoms with Crippen LogP contribution in [-0.4, -0.2) is 43.2 Å². The summed E-state index contributed by atoms with van der Waals surface area (Å²) in [6, 6.07) is 6.07. The number of piperidine rings is 1. The second-order valence-corrected chi connectivity index (χ2v) is 8.31. The highest BCUT2D eigenvalue weighted by Crippen LogP contribution is 2.23. The van der Waals surface area contributed by atoms with Gasteiger partial charge in [0.1, 0.15) is 4.90 Å². The van der Waals surface area contributed by atoms with E-state index < -0.39 is 27.6 Å². The fourth-order valence-electron chi connectivity index (χ4n) is 2.98. The van der Waals surface area contributed by atoms with Gasteiger partial charge in [0.15, 0.2) is 11.6 Å². The van der Waals surface area contributed by atoms with Crippen LogP contribution in [0, 0.1) is 17.6 Å². The van der Waals surface area contributed by atoms with Gasteiger partial charge >= 0.3 is 0 Å². The Balaban J connectivity index is 1.52. The fraction of sp³-hybridized carbons (Fsp3) is 0.333. The van der Waals surface area contributed by atoms with E-state index in [9.17, 15) is 22.0 Å². The molecular weight excluding hydrogens is 376 g/mol. The first-order valence-electron chi connectivity index (χ1n) is 8.51. The Kier molecular flexibility index (Phi) is 5.81. The van der Waals surface area contributed by atoms with Crippen LogP contribution in [0.3, 0.4) is 0 Å². The summed E-state index contributed by atoms with van der Waals surface area (Å²) in [5.74, 6) is -2.45. The zero-order valence-corrected chi connectivity index (χ0v) is 15.3. The second kappa shape index (κ2) is 8.10. The molecule has 0 spiro atoms. The van der Waals surface area contributed by atoms with Gasteiger partial charge in [0.05, 0.1) is 0 Å². The van der Waals surface area contributed by atoms with Crippen LogP contribution in [0.15, 0.2) is 47.6 Å². The van der Waals surface area contributed by atoms with Crippen molar-refractivity contribution in [1.29, 1.82) is 0 Å². The summed E-state index contributed by atoms with van der Waals surface area (Å²) in [5, 5.41) is 2.69. The highest BCUT2D eigenvalue weighted by molar-refractivity contribution is 7.89. The van der Waals surface area contributed by atoms with E-state index in [0.29, 0.717) is 32.5 Å². The number of carbonyl (C=O) groups excluding carboxylic acids is 1. The highest BCUT2D eigenvalue weighted by Gasteiger charge is 2.29. The maximum absolute atomic E-state index is 13.2. The third kappa shape index (κ3) is 4.48. The summed E-state index contributed by atoms with van der Waals surface area (Å²) in [7, 11) is -3.56. The number of hydrogen-bond acceptors (Lipinski definition) is 4. The Morgan fingerprint density at radius 1 is 1.19 bits per heavy atom. The Bertz CT molecular complexity index is 915. The molecule has 0 radical (unpaired) electrons. The van der Waals surface area contributed by atoms with E-state index in [-0.39, 0.29) is 16.4 Å². The fourth-order valence-corrected chi connectivity index (χ4v) is 4.41. The zero-order chi connectivity index (χ0) is 19.4. The predicted molar refractivity (Wildman–Crippen MR) is 94.4 cm³/mol. The first-order chi connectivity index (χ1) is 12.9. The molecule has 1 aromatic heterocycles. The predicted octanol–water partition coefficient (Wildman–Crippen LogP) is 2.19. The molecule has 0 bridgehead atoms. The van der Waals surface area contributed by atoms with E-state index in [1.807, 2.05) is 0 Å². The smallest absolute Gasteiger partial charge is 0.251 e. The van der Waals surface area contributed by atoms with Crippen molar-refractivity contribution < 1.29 is 22.0 Å². The molecule has 9 heteroatoms. The van der Waals surface area contributed by atoms with Crippen molar-refractivity contribution in [2.45, 2.75) is 17.7 Å². The molecule has 2 heterocycles. The van der Waals surface area contributed by atoms with Crippen molar-refractivity contribution in [3.8, 4) is 0 Å². The maximum atomic E-state index is 13.2. The number of benzene rings is 1. The molecule has 6 nitrogen and oxygen atoms in total. The molecule has 0 atom stereocenters. The number of nitrogens with zero attached hydrogens (tertiary/aromatic N) is 2. The molecule has 1 N–H and O–H groups in total. The number of carbonyl (C=O) groups is 1. The summed E-state index contributed by atoms with van der Waals surface area (Å²) in [5.41, 5.74) is 0.0468. The van der Waals surface area contributed by atoms with Crippen LogP contribution in [0.4, 0.5) is 8.78 Å². The molecule has 0 aliphatic carbocycles. The summed E-state index contributed by atoms with van der Waals surface area (Å²) in [6.45, 7) is 1.05. The number of sulfonamides is 1. The van der Waals surface area contributed by atoms with Crippen molar-refractivity contribution in [2.75, 3.05) is 19.6 Å². The molecule has 1 aromatic carbocycles. The van der Waals surface area contributed by atoms with Crippen LogP contribution in [0.25, 0.3) is 0 Å². The van der Waals surface area contributed by atoms with Crippen molar-refractivity contribution >= 4 is 15.9 Å². The lowest BCUT2D eigenvalue weighted by Crippen LogP contribution is -2.41. The third-order valence-corrected chi connectivity index (χ3v) is 6.46. The average molecular weight is 395 g/mol. The Hall–Kier alpha value is -2.39. The first-order valence-corrected chi connectivity index (χ1v) is 9.95. The largest absolute Gasteiger partial charge is 0.352 e. The van der Waals surface area contributed by atoms with E-state index in [1.54, 1.807) is 6.07 Å². The number of nitrogens with one attached hydrogen (secondary N) is 1. The van der Waals surface area contributed by atoms with E-state index >= 15 is 0 Å². The molecule has 0 unspecified atom stereocenters. The summed E-state index contributed by atoms with van der Waals surface area (Å²) in [6.07, 6.45) is 4.03. The third-order valence-electron chi connectivity index (χ3n) is 4.58. The van der Waals surface area contributed by atoms with Gasteiger partial charge in [0.25, 0.3) is 5.91 Å². The second-order valence-electron chi connectivity index (χ2n) is 6.38. The monoisotopic (exact) mass is 395 g/mol. The lowest BCUT2D eigenvalue weighted by Gasteiger charge is -2.31. The number of amides is 1. The molecule has 27 heavy (non-hydrogen) atoms. The molecule has 3 rings (SSSR count). The topological polar surface area (TPSA) is 79.4 Å². The van der Waals surface area contributed by atoms with E-state index in [2.05, 4.69) is 10.3 Å². The van der Waals surface area contributed by atoms with Crippen LogP contribution >= 0.6 is 0 Å². The van der Waals surface area contributed by atoms with Crippen LogP contribution in [0.1, 0.15) is 23.2 Å². The number of hydrogen-bond donors (Lipinski definition) is 1. The van der Waals surface area contributed by atoms with Crippen molar-refractivity contribution in [2.24, 2.45) is 5.92 Å². The zero-order valence-electron chi connectivity index (χ0n) is 14.4. The van der Waals surface area contributed by atoms with Gasteiger partial charge in [-0.3, -0.25) is 9.78 Å². The minimum Gasteiger partial charge on any atom is -0.352 e. The van der Waals surface area contributed by atoms with E-state index in [1.165, 1.54) is 28.8 Å². The molecule has 144 valence electrons. The van der Waals surface area contributed by atoms with Gasteiger partial charge in [0, 0.05) is 37.6 Å².